The minimum absolute atomic E-state index is 0.0556. The summed E-state index contributed by atoms with van der Waals surface area (Å²) >= 11 is 0. The highest BCUT2D eigenvalue weighted by Gasteiger charge is 2.40. The second-order valence-corrected chi connectivity index (χ2v) is 12.8. The summed E-state index contributed by atoms with van der Waals surface area (Å²) in [6.45, 7) is 11.8. The Bertz CT molecular complexity index is 563. The quantitative estimate of drug-likeness (QED) is 0.812. The number of rotatable bonds is 5. The molecule has 0 spiro atoms. The third-order valence-corrected chi connectivity index (χ3v) is 9.72. The Labute approximate surface area is 140 Å². The molecule has 0 aromatic heterocycles. The maximum Gasteiger partial charge on any atom is 0.250 e. The van der Waals surface area contributed by atoms with Gasteiger partial charge in [-0.3, -0.25) is 4.79 Å². The molecule has 4 nitrogen and oxygen atoms in total. The van der Waals surface area contributed by atoms with Crippen LogP contribution in [0.5, 0.6) is 5.75 Å². The Morgan fingerprint density at radius 1 is 1.26 bits per heavy atom. The second kappa shape index (κ2) is 6.28. The second-order valence-electron chi connectivity index (χ2n) is 8.09. The van der Waals surface area contributed by atoms with E-state index in [2.05, 4.69) is 39.2 Å². The fourth-order valence-electron chi connectivity index (χ4n) is 2.76. The van der Waals surface area contributed by atoms with E-state index in [0.717, 1.165) is 11.3 Å². The third-order valence-electron chi connectivity index (χ3n) is 5.36. The lowest BCUT2D eigenvalue weighted by Crippen LogP contribution is -2.43. The van der Waals surface area contributed by atoms with Crippen LogP contribution in [0.1, 0.15) is 39.2 Å². The summed E-state index contributed by atoms with van der Waals surface area (Å²) in [5.41, 5.74) is 0.800. The van der Waals surface area contributed by atoms with Crippen LogP contribution >= 0.6 is 0 Å². The summed E-state index contributed by atoms with van der Waals surface area (Å²) in [4.78, 5) is 11.7. The summed E-state index contributed by atoms with van der Waals surface area (Å²) < 4.78 is 6.30. The van der Waals surface area contributed by atoms with Crippen molar-refractivity contribution in [1.82, 2.24) is 5.32 Å². The maximum absolute atomic E-state index is 11.7. The van der Waals surface area contributed by atoms with E-state index in [1.165, 1.54) is 0 Å². The molecular weight excluding hydrogens is 306 g/mol. The number of carbonyl (C=O) groups is 1. The van der Waals surface area contributed by atoms with Crippen molar-refractivity contribution in [1.29, 1.82) is 0 Å². The highest BCUT2D eigenvalue weighted by Crippen LogP contribution is 2.39. The van der Waals surface area contributed by atoms with Crippen LogP contribution in [-0.4, -0.2) is 32.5 Å². The number of carbonyl (C=O) groups excluding carboxylic acids is 1. The molecule has 1 atom stereocenters. The summed E-state index contributed by atoms with van der Waals surface area (Å²) in [6.07, 6.45) is 1.03. The lowest BCUT2D eigenvalue weighted by molar-refractivity contribution is -0.119. The van der Waals surface area contributed by atoms with Crippen molar-refractivity contribution in [3.63, 3.8) is 0 Å². The van der Waals surface area contributed by atoms with E-state index in [-0.39, 0.29) is 23.0 Å². The Morgan fingerprint density at radius 2 is 1.87 bits per heavy atom. The van der Waals surface area contributed by atoms with Gasteiger partial charge in [-0.15, -0.1) is 0 Å². The normalized spacial score (nSPS) is 22.1. The first-order valence-corrected chi connectivity index (χ1v) is 11.2. The largest absolute Gasteiger partial charge is 0.544 e. The molecule has 1 heterocycles. The van der Waals surface area contributed by atoms with Gasteiger partial charge in [-0.1, -0.05) is 32.9 Å². The Balaban J connectivity index is 2.20. The number of hydrogen-bond acceptors (Lipinski definition) is 3. The number of aliphatic hydroxyl groups is 1. The van der Waals surface area contributed by atoms with Gasteiger partial charge in [-0.05, 0) is 42.2 Å². The molecule has 1 aromatic carbocycles. The molecule has 23 heavy (non-hydrogen) atoms. The highest BCUT2D eigenvalue weighted by molar-refractivity contribution is 6.74. The summed E-state index contributed by atoms with van der Waals surface area (Å²) in [6, 6.07) is 8.08. The standard InChI is InChI=1S/C18H29NO3Si/c1-17(2,3)23(4,5)22-15-8-6-14(7-9-15)18(10-11-20)12-16(21)19-13-18/h6-9,20H,10-13H2,1-5H3,(H,19,21). The van der Waals surface area contributed by atoms with Gasteiger partial charge >= 0.3 is 0 Å². The zero-order valence-corrected chi connectivity index (χ0v) is 15.9. The van der Waals surface area contributed by atoms with E-state index < -0.39 is 8.32 Å². The van der Waals surface area contributed by atoms with E-state index in [1.54, 1.807) is 0 Å². The van der Waals surface area contributed by atoms with Gasteiger partial charge in [0.15, 0.2) is 0 Å². The van der Waals surface area contributed by atoms with Gasteiger partial charge in [0.25, 0.3) is 0 Å². The molecule has 0 radical (unpaired) electrons. The summed E-state index contributed by atoms with van der Waals surface area (Å²) in [5.74, 6) is 0.942. The van der Waals surface area contributed by atoms with Crippen molar-refractivity contribution in [2.75, 3.05) is 13.2 Å². The molecule has 2 N–H and O–H groups in total. The SMILES string of the molecule is CC(C)(C)[Si](C)(C)Oc1ccc(C2(CCO)CNC(=O)C2)cc1. The fraction of sp³-hybridized carbons (Fsp3) is 0.611. The van der Waals surface area contributed by atoms with Gasteiger partial charge in [0.05, 0.1) is 0 Å². The molecule has 0 aliphatic carbocycles. The summed E-state index contributed by atoms with van der Waals surface area (Å²) in [7, 11) is -1.85. The molecule has 0 saturated carbocycles. The maximum atomic E-state index is 11.7. The van der Waals surface area contributed by atoms with Crippen LogP contribution < -0.4 is 9.74 Å². The van der Waals surface area contributed by atoms with Crippen molar-refractivity contribution >= 4 is 14.2 Å². The minimum atomic E-state index is -1.85. The predicted molar refractivity (Wildman–Crippen MR) is 95.3 cm³/mol. The number of aliphatic hydroxyl groups excluding tert-OH is 1. The van der Waals surface area contributed by atoms with Crippen molar-refractivity contribution in [3.05, 3.63) is 29.8 Å². The van der Waals surface area contributed by atoms with E-state index in [9.17, 15) is 9.90 Å². The molecule has 128 valence electrons. The topological polar surface area (TPSA) is 58.6 Å². The molecule has 5 heteroatoms. The average Bonchev–Trinajstić information content (AvgIpc) is 2.81. The minimum Gasteiger partial charge on any atom is -0.544 e. The predicted octanol–water partition coefficient (Wildman–Crippen LogP) is 3.21. The van der Waals surface area contributed by atoms with E-state index in [0.29, 0.717) is 19.4 Å². The van der Waals surface area contributed by atoms with Gasteiger partial charge in [0, 0.05) is 25.0 Å². The zero-order chi connectivity index (χ0) is 17.3. The lowest BCUT2D eigenvalue weighted by atomic mass is 9.77. The van der Waals surface area contributed by atoms with Crippen molar-refractivity contribution in [2.24, 2.45) is 0 Å². The van der Waals surface area contributed by atoms with Crippen LogP contribution in [0.3, 0.4) is 0 Å². The molecular formula is C18H29NO3Si. The van der Waals surface area contributed by atoms with Crippen molar-refractivity contribution in [3.8, 4) is 5.75 Å². The van der Waals surface area contributed by atoms with Crippen LogP contribution in [0.15, 0.2) is 24.3 Å². The molecule has 1 fully saturated rings. The molecule has 1 saturated heterocycles. The van der Waals surface area contributed by atoms with Crippen molar-refractivity contribution in [2.45, 2.75) is 57.2 Å². The van der Waals surface area contributed by atoms with Crippen LogP contribution in [0.2, 0.25) is 18.1 Å². The smallest absolute Gasteiger partial charge is 0.250 e. The first-order valence-electron chi connectivity index (χ1n) is 8.27. The molecule has 2 rings (SSSR count). The van der Waals surface area contributed by atoms with Gasteiger partial charge in [0.2, 0.25) is 14.2 Å². The van der Waals surface area contributed by atoms with Gasteiger partial charge in [0.1, 0.15) is 5.75 Å². The van der Waals surface area contributed by atoms with Gasteiger partial charge < -0.3 is 14.8 Å². The Kier molecular flexibility index (Phi) is 4.92. The van der Waals surface area contributed by atoms with Gasteiger partial charge in [-0.2, -0.15) is 0 Å². The zero-order valence-electron chi connectivity index (χ0n) is 14.9. The number of nitrogens with one attached hydrogen (secondary N) is 1. The Hall–Kier alpha value is -1.33. The van der Waals surface area contributed by atoms with Crippen LogP contribution in [0.4, 0.5) is 0 Å². The molecule has 1 aromatic rings. The van der Waals surface area contributed by atoms with Gasteiger partial charge in [-0.25, -0.2) is 0 Å². The van der Waals surface area contributed by atoms with Crippen LogP contribution in [-0.2, 0) is 10.2 Å². The number of amides is 1. The van der Waals surface area contributed by atoms with E-state index >= 15 is 0 Å². The first kappa shape index (κ1) is 18.0. The monoisotopic (exact) mass is 335 g/mol. The first-order chi connectivity index (χ1) is 10.6. The fourth-order valence-corrected chi connectivity index (χ4v) is 3.80. The molecule has 0 bridgehead atoms. The average molecular weight is 336 g/mol. The molecule has 1 aliphatic heterocycles. The summed E-state index contributed by atoms with van der Waals surface area (Å²) in [5, 5.41) is 12.4. The molecule has 1 aliphatic rings. The van der Waals surface area contributed by atoms with Crippen LogP contribution in [0.25, 0.3) is 0 Å². The highest BCUT2D eigenvalue weighted by atomic mass is 28.4. The Morgan fingerprint density at radius 3 is 2.30 bits per heavy atom. The van der Waals surface area contributed by atoms with Crippen LogP contribution in [0, 0.1) is 0 Å². The number of benzene rings is 1. The van der Waals surface area contributed by atoms with E-state index in [1.807, 2.05) is 24.3 Å². The third kappa shape index (κ3) is 3.78. The van der Waals surface area contributed by atoms with Crippen molar-refractivity contribution < 1.29 is 14.3 Å². The molecule has 1 unspecified atom stereocenters. The number of hydrogen-bond donors (Lipinski definition) is 2. The lowest BCUT2D eigenvalue weighted by Gasteiger charge is -2.36. The molecule has 1 amide bonds. The van der Waals surface area contributed by atoms with E-state index in [4.69, 9.17) is 4.43 Å².